The molecule has 2 rings (SSSR count). The maximum atomic E-state index is 11.9. The monoisotopic (exact) mass is 249 g/mol. The van der Waals surface area contributed by atoms with E-state index in [1.165, 1.54) is 0 Å². The van der Waals surface area contributed by atoms with Crippen molar-refractivity contribution in [2.24, 2.45) is 0 Å². The molecule has 1 aromatic carbocycles. The lowest BCUT2D eigenvalue weighted by molar-refractivity contribution is 0.0449. The third-order valence-electron chi connectivity index (χ3n) is 3.59. The Labute approximate surface area is 107 Å². The third-order valence-corrected chi connectivity index (χ3v) is 3.59. The van der Waals surface area contributed by atoms with Crippen molar-refractivity contribution >= 4 is 5.91 Å². The molecule has 4 heteroatoms. The number of para-hydroxylation sites is 1. The Bertz CT molecular complexity index is 450. The molecule has 18 heavy (non-hydrogen) atoms. The first-order valence-corrected chi connectivity index (χ1v) is 6.31. The number of hydrogen-bond acceptors (Lipinski definition) is 3. The minimum Gasteiger partial charge on any atom is -0.507 e. The van der Waals surface area contributed by atoms with Crippen molar-refractivity contribution in [3.05, 3.63) is 29.3 Å². The lowest BCUT2D eigenvalue weighted by atomic mass is 10.0. The highest BCUT2D eigenvalue weighted by Crippen LogP contribution is 2.29. The van der Waals surface area contributed by atoms with E-state index in [4.69, 9.17) is 0 Å². The Kier molecular flexibility index (Phi) is 3.57. The maximum absolute atomic E-state index is 11.9. The van der Waals surface area contributed by atoms with Gasteiger partial charge in [0, 0.05) is 6.54 Å². The number of carbonyl (C=O) groups excluding carboxylic acids is 1. The fraction of sp³-hybridized carbons (Fsp3) is 0.500. The zero-order chi connectivity index (χ0) is 13.2. The molecule has 1 aliphatic rings. The standard InChI is InChI=1S/C14H19NO3/c1-10-5-4-6-11(12(10)16)13(17)15-9-14(18)7-2-3-8-14/h4-6,16,18H,2-3,7-9H2,1H3,(H,15,17). The average Bonchev–Trinajstić information content (AvgIpc) is 2.77. The van der Waals surface area contributed by atoms with Crippen molar-refractivity contribution in [2.45, 2.75) is 38.2 Å². The van der Waals surface area contributed by atoms with Gasteiger partial charge < -0.3 is 15.5 Å². The Morgan fingerprint density at radius 2 is 2.06 bits per heavy atom. The molecule has 0 aromatic heterocycles. The van der Waals surface area contributed by atoms with Crippen molar-refractivity contribution in [2.75, 3.05) is 6.54 Å². The number of benzene rings is 1. The summed E-state index contributed by atoms with van der Waals surface area (Å²) < 4.78 is 0. The molecule has 0 atom stereocenters. The predicted octanol–water partition coefficient (Wildman–Crippen LogP) is 1.74. The molecule has 1 amide bonds. The van der Waals surface area contributed by atoms with Gasteiger partial charge in [-0.15, -0.1) is 0 Å². The smallest absolute Gasteiger partial charge is 0.255 e. The van der Waals surface area contributed by atoms with Gasteiger partial charge in [0.05, 0.1) is 11.2 Å². The van der Waals surface area contributed by atoms with E-state index in [2.05, 4.69) is 5.32 Å². The largest absolute Gasteiger partial charge is 0.507 e. The van der Waals surface area contributed by atoms with Crippen molar-refractivity contribution < 1.29 is 15.0 Å². The first-order valence-electron chi connectivity index (χ1n) is 6.31. The molecule has 0 aliphatic heterocycles. The van der Waals surface area contributed by atoms with E-state index in [1.54, 1.807) is 25.1 Å². The molecule has 1 aliphatic carbocycles. The van der Waals surface area contributed by atoms with Gasteiger partial charge in [-0.05, 0) is 31.4 Å². The molecule has 0 spiro atoms. The Morgan fingerprint density at radius 3 is 2.72 bits per heavy atom. The van der Waals surface area contributed by atoms with Gasteiger partial charge >= 0.3 is 0 Å². The van der Waals surface area contributed by atoms with Crippen LogP contribution in [0.15, 0.2) is 18.2 Å². The molecule has 0 saturated heterocycles. The molecular formula is C14H19NO3. The van der Waals surface area contributed by atoms with Crippen LogP contribution in [0, 0.1) is 6.92 Å². The summed E-state index contributed by atoms with van der Waals surface area (Å²) in [5.41, 5.74) is 0.161. The lowest BCUT2D eigenvalue weighted by Crippen LogP contribution is -2.40. The van der Waals surface area contributed by atoms with E-state index >= 15 is 0 Å². The summed E-state index contributed by atoms with van der Waals surface area (Å²) in [5, 5.41) is 22.6. The van der Waals surface area contributed by atoms with Gasteiger partial charge in [0.25, 0.3) is 5.91 Å². The summed E-state index contributed by atoms with van der Waals surface area (Å²) in [5.74, 6) is -0.329. The summed E-state index contributed by atoms with van der Waals surface area (Å²) in [6, 6.07) is 5.06. The number of aromatic hydroxyl groups is 1. The molecule has 0 unspecified atom stereocenters. The van der Waals surface area contributed by atoms with E-state index in [-0.39, 0.29) is 23.8 Å². The van der Waals surface area contributed by atoms with E-state index in [1.807, 2.05) is 0 Å². The van der Waals surface area contributed by atoms with Gasteiger partial charge in [-0.2, -0.15) is 0 Å². The zero-order valence-electron chi connectivity index (χ0n) is 10.6. The number of hydrogen-bond donors (Lipinski definition) is 3. The molecule has 3 N–H and O–H groups in total. The van der Waals surface area contributed by atoms with Crippen LogP contribution in [-0.2, 0) is 0 Å². The summed E-state index contributed by atoms with van der Waals surface area (Å²) >= 11 is 0. The molecular weight excluding hydrogens is 230 g/mol. The van der Waals surface area contributed by atoms with Gasteiger partial charge in [0.1, 0.15) is 5.75 Å². The maximum Gasteiger partial charge on any atom is 0.255 e. The average molecular weight is 249 g/mol. The number of phenols is 1. The second kappa shape index (κ2) is 4.98. The first-order chi connectivity index (χ1) is 8.52. The molecule has 1 fully saturated rings. The predicted molar refractivity (Wildman–Crippen MR) is 68.6 cm³/mol. The van der Waals surface area contributed by atoms with Crippen LogP contribution in [0.3, 0.4) is 0 Å². The zero-order valence-corrected chi connectivity index (χ0v) is 10.6. The number of phenolic OH excluding ortho intramolecular Hbond substituents is 1. The summed E-state index contributed by atoms with van der Waals surface area (Å²) in [7, 11) is 0. The minimum atomic E-state index is -0.769. The van der Waals surface area contributed by atoms with Crippen LogP contribution in [0.5, 0.6) is 5.75 Å². The molecule has 0 bridgehead atoms. The van der Waals surface area contributed by atoms with E-state index in [0.29, 0.717) is 5.56 Å². The van der Waals surface area contributed by atoms with Crippen LogP contribution in [0.4, 0.5) is 0 Å². The Hall–Kier alpha value is -1.55. The second-order valence-electron chi connectivity index (χ2n) is 5.09. The van der Waals surface area contributed by atoms with Crippen molar-refractivity contribution in [3.8, 4) is 5.75 Å². The number of amides is 1. The number of aryl methyl sites for hydroxylation is 1. The fourth-order valence-electron chi connectivity index (χ4n) is 2.39. The van der Waals surface area contributed by atoms with Gasteiger partial charge in [0.2, 0.25) is 0 Å². The molecule has 0 radical (unpaired) electrons. The van der Waals surface area contributed by atoms with Crippen molar-refractivity contribution in [1.29, 1.82) is 0 Å². The summed E-state index contributed by atoms with van der Waals surface area (Å²) in [6.45, 7) is 2.00. The normalized spacial score (nSPS) is 17.7. The third kappa shape index (κ3) is 2.64. The Balaban J connectivity index is 2.01. The van der Waals surface area contributed by atoms with E-state index in [0.717, 1.165) is 25.7 Å². The van der Waals surface area contributed by atoms with Gasteiger partial charge in [-0.1, -0.05) is 25.0 Å². The van der Waals surface area contributed by atoms with Crippen molar-refractivity contribution in [1.82, 2.24) is 5.32 Å². The molecule has 1 saturated carbocycles. The quantitative estimate of drug-likeness (QED) is 0.764. The number of carbonyl (C=O) groups is 1. The van der Waals surface area contributed by atoms with Crippen LogP contribution in [-0.4, -0.2) is 28.3 Å². The molecule has 0 heterocycles. The fourth-order valence-corrected chi connectivity index (χ4v) is 2.39. The lowest BCUT2D eigenvalue weighted by Gasteiger charge is -2.22. The summed E-state index contributed by atoms with van der Waals surface area (Å²) in [6.07, 6.45) is 3.46. The highest BCUT2D eigenvalue weighted by atomic mass is 16.3. The van der Waals surface area contributed by atoms with Crippen LogP contribution in [0.2, 0.25) is 0 Å². The second-order valence-corrected chi connectivity index (χ2v) is 5.09. The SMILES string of the molecule is Cc1cccc(C(=O)NCC2(O)CCCC2)c1O. The number of nitrogens with one attached hydrogen (secondary N) is 1. The topological polar surface area (TPSA) is 69.6 Å². The molecule has 98 valence electrons. The minimum absolute atomic E-state index is 0.00779. The van der Waals surface area contributed by atoms with Gasteiger partial charge in [-0.3, -0.25) is 4.79 Å². The molecule has 1 aromatic rings. The highest BCUT2D eigenvalue weighted by Gasteiger charge is 2.31. The van der Waals surface area contributed by atoms with Crippen LogP contribution in [0.1, 0.15) is 41.6 Å². The van der Waals surface area contributed by atoms with E-state index < -0.39 is 5.60 Å². The first kappa shape index (κ1) is 12.9. The number of rotatable bonds is 3. The molecule has 4 nitrogen and oxygen atoms in total. The van der Waals surface area contributed by atoms with Crippen LogP contribution >= 0.6 is 0 Å². The van der Waals surface area contributed by atoms with Gasteiger partial charge in [-0.25, -0.2) is 0 Å². The number of aliphatic hydroxyl groups is 1. The highest BCUT2D eigenvalue weighted by molar-refractivity contribution is 5.97. The Morgan fingerprint density at radius 1 is 1.39 bits per heavy atom. The van der Waals surface area contributed by atoms with E-state index in [9.17, 15) is 15.0 Å². The van der Waals surface area contributed by atoms with Crippen LogP contribution < -0.4 is 5.32 Å². The van der Waals surface area contributed by atoms with Crippen LogP contribution in [0.25, 0.3) is 0 Å². The van der Waals surface area contributed by atoms with Gasteiger partial charge in [0.15, 0.2) is 0 Å². The van der Waals surface area contributed by atoms with Crippen molar-refractivity contribution in [3.63, 3.8) is 0 Å². The summed E-state index contributed by atoms with van der Waals surface area (Å²) in [4.78, 5) is 11.9.